The number of methoxy groups -OCH3 is 2. The fourth-order valence-electron chi connectivity index (χ4n) is 3.48. The molecule has 1 N–H and O–H groups in total. The average Bonchev–Trinajstić information content (AvgIpc) is 2.72. The van der Waals surface area contributed by atoms with E-state index in [-0.39, 0.29) is 18.2 Å². The van der Waals surface area contributed by atoms with Gasteiger partial charge in [-0.2, -0.15) is 0 Å². The molecular formula is C22H26N2O4. The van der Waals surface area contributed by atoms with Crippen molar-refractivity contribution in [2.24, 2.45) is 0 Å². The van der Waals surface area contributed by atoms with Crippen LogP contribution in [0.1, 0.15) is 30.9 Å². The Morgan fingerprint density at radius 1 is 1.07 bits per heavy atom. The molecule has 6 heteroatoms. The summed E-state index contributed by atoms with van der Waals surface area (Å²) in [5, 5.41) is 2.94. The Labute approximate surface area is 165 Å². The maximum absolute atomic E-state index is 12.5. The van der Waals surface area contributed by atoms with Crippen LogP contribution >= 0.6 is 0 Å². The Bertz CT molecular complexity index is 879. The van der Waals surface area contributed by atoms with Crippen LogP contribution in [0.3, 0.4) is 0 Å². The van der Waals surface area contributed by atoms with Gasteiger partial charge >= 0.3 is 0 Å². The monoisotopic (exact) mass is 382 g/mol. The van der Waals surface area contributed by atoms with E-state index in [4.69, 9.17) is 9.47 Å². The molecule has 148 valence electrons. The Morgan fingerprint density at radius 3 is 2.57 bits per heavy atom. The van der Waals surface area contributed by atoms with Crippen LogP contribution in [0.25, 0.3) is 0 Å². The highest BCUT2D eigenvalue weighted by molar-refractivity contribution is 5.97. The van der Waals surface area contributed by atoms with Crippen LogP contribution in [0.2, 0.25) is 0 Å². The molecule has 2 aromatic carbocycles. The molecule has 0 aliphatic carbocycles. The molecule has 1 aliphatic heterocycles. The number of nitrogens with zero attached hydrogens (tertiary/aromatic N) is 1. The smallest absolute Gasteiger partial charge is 0.228 e. The van der Waals surface area contributed by atoms with Crippen LogP contribution in [-0.2, 0) is 22.4 Å². The van der Waals surface area contributed by atoms with Crippen LogP contribution in [-0.4, -0.2) is 32.6 Å². The van der Waals surface area contributed by atoms with E-state index >= 15 is 0 Å². The fourth-order valence-corrected chi connectivity index (χ4v) is 3.48. The number of benzene rings is 2. The standard InChI is InChI=1S/C22H26N2O4/c1-4-22(26)24-11-5-6-16-8-9-17(14-18(16)24)23-21(25)13-15-7-10-19(27-2)20(12-15)28-3/h7-10,12,14H,4-6,11,13H2,1-3H3,(H,23,25). The summed E-state index contributed by atoms with van der Waals surface area (Å²) in [5.74, 6) is 1.20. The minimum Gasteiger partial charge on any atom is -0.493 e. The topological polar surface area (TPSA) is 67.9 Å². The molecule has 2 aromatic rings. The number of carbonyl (C=O) groups excluding carboxylic acids is 2. The normalized spacial score (nSPS) is 12.9. The zero-order valence-electron chi connectivity index (χ0n) is 16.6. The van der Waals surface area contributed by atoms with Crippen molar-refractivity contribution in [2.75, 3.05) is 31.0 Å². The van der Waals surface area contributed by atoms with Gasteiger partial charge in [0.05, 0.1) is 20.6 Å². The number of rotatable bonds is 6. The molecule has 0 atom stereocenters. The number of aryl methyl sites for hydroxylation is 1. The molecule has 0 spiro atoms. The van der Waals surface area contributed by atoms with Crippen molar-refractivity contribution in [3.05, 3.63) is 47.5 Å². The van der Waals surface area contributed by atoms with E-state index in [0.29, 0.717) is 23.6 Å². The summed E-state index contributed by atoms with van der Waals surface area (Å²) >= 11 is 0. The summed E-state index contributed by atoms with van der Waals surface area (Å²) in [7, 11) is 3.14. The van der Waals surface area contributed by atoms with Crippen LogP contribution < -0.4 is 19.7 Å². The van der Waals surface area contributed by atoms with Crippen molar-refractivity contribution in [2.45, 2.75) is 32.6 Å². The van der Waals surface area contributed by atoms with Crippen molar-refractivity contribution in [3.8, 4) is 11.5 Å². The highest BCUT2D eigenvalue weighted by atomic mass is 16.5. The van der Waals surface area contributed by atoms with Crippen molar-refractivity contribution in [3.63, 3.8) is 0 Å². The van der Waals surface area contributed by atoms with Gasteiger partial charge in [0.15, 0.2) is 11.5 Å². The molecule has 3 rings (SSSR count). The van der Waals surface area contributed by atoms with E-state index < -0.39 is 0 Å². The first-order valence-corrected chi connectivity index (χ1v) is 9.49. The van der Waals surface area contributed by atoms with Gasteiger partial charge in [0, 0.05) is 24.3 Å². The van der Waals surface area contributed by atoms with E-state index in [1.165, 1.54) is 0 Å². The van der Waals surface area contributed by atoms with Crippen LogP contribution in [0.4, 0.5) is 11.4 Å². The first kappa shape index (κ1) is 19.7. The lowest BCUT2D eigenvalue weighted by molar-refractivity contribution is -0.118. The summed E-state index contributed by atoms with van der Waals surface area (Å²) in [6.07, 6.45) is 2.59. The average molecular weight is 382 g/mol. The summed E-state index contributed by atoms with van der Waals surface area (Å²) in [6, 6.07) is 11.2. The Kier molecular flexibility index (Phi) is 6.19. The molecule has 0 fully saturated rings. The van der Waals surface area contributed by atoms with Crippen LogP contribution in [0.5, 0.6) is 11.5 Å². The van der Waals surface area contributed by atoms with Gasteiger partial charge in [-0.3, -0.25) is 9.59 Å². The molecule has 0 unspecified atom stereocenters. The lowest BCUT2D eigenvalue weighted by atomic mass is 10.0. The van der Waals surface area contributed by atoms with Crippen molar-refractivity contribution >= 4 is 23.2 Å². The predicted octanol–water partition coefficient (Wildman–Crippen LogP) is 3.57. The Hall–Kier alpha value is -3.02. The van der Waals surface area contributed by atoms with Gasteiger partial charge < -0.3 is 19.7 Å². The summed E-state index contributed by atoms with van der Waals surface area (Å²) in [5.41, 5.74) is 3.57. The number of nitrogens with one attached hydrogen (secondary N) is 1. The molecule has 28 heavy (non-hydrogen) atoms. The predicted molar refractivity (Wildman–Crippen MR) is 109 cm³/mol. The Balaban J connectivity index is 1.73. The quantitative estimate of drug-likeness (QED) is 0.829. The van der Waals surface area contributed by atoms with Gasteiger partial charge in [0.1, 0.15) is 0 Å². The molecule has 2 amide bonds. The largest absolute Gasteiger partial charge is 0.493 e. The maximum atomic E-state index is 12.5. The molecule has 0 bridgehead atoms. The molecule has 0 radical (unpaired) electrons. The lowest BCUT2D eigenvalue weighted by Gasteiger charge is -2.29. The second-order valence-corrected chi connectivity index (χ2v) is 6.76. The Morgan fingerprint density at radius 2 is 1.86 bits per heavy atom. The lowest BCUT2D eigenvalue weighted by Crippen LogP contribution is -2.35. The minimum absolute atomic E-state index is 0.106. The molecular weight excluding hydrogens is 356 g/mol. The van der Waals surface area contributed by atoms with Gasteiger partial charge in [-0.25, -0.2) is 0 Å². The minimum atomic E-state index is -0.128. The van der Waals surface area contributed by atoms with E-state index in [1.807, 2.05) is 36.1 Å². The number of fused-ring (bicyclic) bond motifs is 1. The number of hydrogen-bond donors (Lipinski definition) is 1. The van der Waals surface area contributed by atoms with Gasteiger partial charge in [0.2, 0.25) is 11.8 Å². The van der Waals surface area contributed by atoms with Crippen LogP contribution in [0, 0.1) is 0 Å². The highest BCUT2D eigenvalue weighted by Gasteiger charge is 2.22. The number of carbonyl (C=O) groups is 2. The molecule has 1 heterocycles. The van der Waals surface area contributed by atoms with Crippen molar-refractivity contribution < 1.29 is 19.1 Å². The van der Waals surface area contributed by atoms with Gasteiger partial charge in [-0.1, -0.05) is 19.1 Å². The van der Waals surface area contributed by atoms with E-state index in [2.05, 4.69) is 5.32 Å². The van der Waals surface area contributed by atoms with Crippen molar-refractivity contribution in [1.82, 2.24) is 0 Å². The molecule has 6 nitrogen and oxygen atoms in total. The van der Waals surface area contributed by atoms with Gasteiger partial charge in [-0.15, -0.1) is 0 Å². The second-order valence-electron chi connectivity index (χ2n) is 6.76. The number of amides is 2. The first-order chi connectivity index (χ1) is 13.5. The number of hydrogen-bond acceptors (Lipinski definition) is 4. The molecule has 0 saturated carbocycles. The SMILES string of the molecule is CCC(=O)N1CCCc2ccc(NC(=O)Cc3ccc(OC)c(OC)c3)cc21. The summed E-state index contributed by atoms with van der Waals surface area (Å²) in [6.45, 7) is 2.59. The molecule has 0 saturated heterocycles. The zero-order chi connectivity index (χ0) is 20.1. The maximum Gasteiger partial charge on any atom is 0.228 e. The van der Waals surface area contributed by atoms with E-state index in [1.54, 1.807) is 26.4 Å². The summed E-state index contributed by atoms with van der Waals surface area (Å²) in [4.78, 5) is 26.6. The molecule has 1 aliphatic rings. The van der Waals surface area contributed by atoms with Gasteiger partial charge in [-0.05, 0) is 48.2 Å². The van der Waals surface area contributed by atoms with Crippen LogP contribution in [0.15, 0.2) is 36.4 Å². The second kappa shape index (κ2) is 8.78. The number of ether oxygens (including phenoxy) is 2. The third-order valence-corrected chi connectivity index (χ3v) is 4.90. The first-order valence-electron chi connectivity index (χ1n) is 9.49. The third-order valence-electron chi connectivity index (χ3n) is 4.90. The molecule has 0 aromatic heterocycles. The zero-order valence-corrected chi connectivity index (χ0v) is 16.6. The van der Waals surface area contributed by atoms with E-state index in [9.17, 15) is 9.59 Å². The highest BCUT2D eigenvalue weighted by Crippen LogP contribution is 2.31. The summed E-state index contributed by atoms with van der Waals surface area (Å²) < 4.78 is 10.5. The van der Waals surface area contributed by atoms with Gasteiger partial charge in [0.25, 0.3) is 0 Å². The van der Waals surface area contributed by atoms with E-state index in [0.717, 1.165) is 36.2 Å². The third kappa shape index (κ3) is 4.27. The fraction of sp³-hybridized carbons (Fsp3) is 0.364. The number of anilines is 2. The van der Waals surface area contributed by atoms with Crippen molar-refractivity contribution in [1.29, 1.82) is 0 Å².